The Morgan fingerprint density at radius 1 is 1.27 bits per heavy atom. The van der Waals surface area contributed by atoms with Crippen molar-refractivity contribution in [2.75, 3.05) is 12.4 Å². The molecule has 1 aliphatic heterocycles. The van der Waals surface area contributed by atoms with Gasteiger partial charge in [-0.25, -0.2) is 4.99 Å². The van der Waals surface area contributed by atoms with Crippen molar-refractivity contribution in [3.63, 3.8) is 0 Å². The Morgan fingerprint density at radius 2 is 2.00 bits per heavy atom. The van der Waals surface area contributed by atoms with Crippen molar-refractivity contribution in [1.29, 1.82) is 0 Å². The molecule has 0 saturated carbocycles. The highest BCUT2D eigenvalue weighted by Crippen LogP contribution is 2.31. The van der Waals surface area contributed by atoms with E-state index in [-0.39, 0.29) is 18.2 Å². The first-order chi connectivity index (χ1) is 12.4. The number of carbonyl (C=O) groups excluding carboxylic acids is 2. The molecule has 1 N–H and O–H groups in total. The molecule has 1 atom stereocenters. The molecule has 3 rings (SSSR count). The van der Waals surface area contributed by atoms with E-state index in [1.54, 1.807) is 19.2 Å². The average Bonchev–Trinajstić information content (AvgIpc) is 2.87. The summed E-state index contributed by atoms with van der Waals surface area (Å²) in [6.45, 7) is 1.89. The number of hydrogen-bond donors (Lipinski definition) is 1. The lowest BCUT2D eigenvalue weighted by molar-refractivity contribution is -0.127. The maximum atomic E-state index is 12.4. The molecule has 134 valence electrons. The lowest BCUT2D eigenvalue weighted by Gasteiger charge is -2.11. The third-order valence-electron chi connectivity index (χ3n) is 3.97. The van der Waals surface area contributed by atoms with Crippen molar-refractivity contribution in [1.82, 2.24) is 4.90 Å². The number of benzene rings is 2. The van der Waals surface area contributed by atoms with E-state index in [4.69, 9.17) is 11.6 Å². The number of rotatable bonds is 4. The third kappa shape index (κ3) is 4.26. The van der Waals surface area contributed by atoms with Gasteiger partial charge >= 0.3 is 0 Å². The largest absolute Gasteiger partial charge is 0.326 e. The lowest BCUT2D eigenvalue weighted by Crippen LogP contribution is -2.30. The monoisotopic (exact) mass is 387 g/mol. The molecule has 7 heteroatoms. The van der Waals surface area contributed by atoms with Gasteiger partial charge in [0.05, 0.1) is 5.69 Å². The molecule has 26 heavy (non-hydrogen) atoms. The zero-order chi connectivity index (χ0) is 18.7. The minimum absolute atomic E-state index is 0.0770. The highest BCUT2D eigenvalue weighted by Gasteiger charge is 2.37. The number of amides is 2. The van der Waals surface area contributed by atoms with E-state index in [1.165, 1.54) is 16.7 Å². The van der Waals surface area contributed by atoms with Crippen LogP contribution in [0.4, 0.5) is 11.4 Å². The van der Waals surface area contributed by atoms with Crippen LogP contribution >= 0.6 is 23.4 Å². The highest BCUT2D eigenvalue weighted by atomic mass is 35.5. The van der Waals surface area contributed by atoms with Crippen LogP contribution in [-0.2, 0) is 9.59 Å². The summed E-state index contributed by atoms with van der Waals surface area (Å²) in [6.07, 6.45) is 0.0770. The van der Waals surface area contributed by atoms with Crippen molar-refractivity contribution in [2.24, 2.45) is 4.99 Å². The molecule has 0 aliphatic carbocycles. The summed E-state index contributed by atoms with van der Waals surface area (Å²) < 4.78 is 0. The summed E-state index contributed by atoms with van der Waals surface area (Å²) in [5.41, 5.74) is 2.34. The minimum atomic E-state index is -0.484. The Hall–Kier alpha value is -2.31. The fraction of sp³-hybridized carbons (Fsp3) is 0.211. The number of aliphatic imine (C=N–C) groups is 1. The second-order valence-corrected chi connectivity index (χ2v) is 7.55. The Morgan fingerprint density at radius 3 is 2.73 bits per heavy atom. The van der Waals surface area contributed by atoms with Gasteiger partial charge in [0.25, 0.3) is 0 Å². The molecule has 2 aromatic rings. The Balaban J connectivity index is 1.68. The van der Waals surface area contributed by atoms with Gasteiger partial charge < -0.3 is 5.32 Å². The zero-order valence-corrected chi connectivity index (χ0v) is 16.0. The first-order valence-corrected chi connectivity index (χ1v) is 9.34. The lowest BCUT2D eigenvalue weighted by atomic mass is 10.2. The van der Waals surface area contributed by atoms with Crippen LogP contribution < -0.4 is 5.32 Å². The first kappa shape index (κ1) is 18.5. The summed E-state index contributed by atoms with van der Waals surface area (Å²) in [5, 5.41) is 3.49. The summed E-state index contributed by atoms with van der Waals surface area (Å²) in [7, 11) is 1.68. The van der Waals surface area contributed by atoms with E-state index in [9.17, 15) is 9.59 Å². The molecule has 1 unspecified atom stereocenters. The molecule has 0 spiro atoms. The van der Waals surface area contributed by atoms with Crippen LogP contribution in [0.1, 0.15) is 12.0 Å². The Labute approximate surface area is 161 Å². The van der Waals surface area contributed by atoms with E-state index in [2.05, 4.69) is 10.3 Å². The third-order valence-corrected chi connectivity index (χ3v) is 5.43. The van der Waals surface area contributed by atoms with Crippen LogP contribution in [0.2, 0.25) is 5.02 Å². The van der Waals surface area contributed by atoms with Crippen molar-refractivity contribution in [3.05, 3.63) is 59.1 Å². The van der Waals surface area contributed by atoms with E-state index in [0.29, 0.717) is 15.9 Å². The van der Waals surface area contributed by atoms with Gasteiger partial charge in [-0.15, -0.1) is 0 Å². The molecule has 0 radical (unpaired) electrons. The Kier molecular flexibility index (Phi) is 5.64. The van der Waals surface area contributed by atoms with Gasteiger partial charge in [0, 0.05) is 24.2 Å². The maximum absolute atomic E-state index is 12.4. The molecule has 5 nitrogen and oxygen atoms in total. The zero-order valence-electron chi connectivity index (χ0n) is 14.4. The summed E-state index contributed by atoms with van der Waals surface area (Å²) in [5.74, 6) is -0.349. The second-order valence-electron chi connectivity index (χ2n) is 5.95. The van der Waals surface area contributed by atoms with E-state index >= 15 is 0 Å². The van der Waals surface area contributed by atoms with Crippen molar-refractivity contribution >= 4 is 51.7 Å². The van der Waals surface area contributed by atoms with Crippen LogP contribution in [0, 0.1) is 6.92 Å². The van der Waals surface area contributed by atoms with E-state index < -0.39 is 5.25 Å². The molecule has 1 heterocycles. The predicted molar refractivity (Wildman–Crippen MR) is 107 cm³/mol. The maximum Gasteiger partial charge on any atom is 0.242 e. The number of para-hydroxylation sites is 1. The van der Waals surface area contributed by atoms with Crippen LogP contribution in [0.15, 0.2) is 53.5 Å². The summed E-state index contributed by atoms with van der Waals surface area (Å²) >= 11 is 7.28. The summed E-state index contributed by atoms with van der Waals surface area (Å²) in [6, 6.07) is 14.7. The molecule has 1 aliphatic rings. The van der Waals surface area contributed by atoms with Gasteiger partial charge in [0.2, 0.25) is 11.8 Å². The second kappa shape index (κ2) is 7.93. The smallest absolute Gasteiger partial charge is 0.242 e. The average molecular weight is 388 g/mol. The van der Waals surface area contributed by atoms with Gasteiger partial charge in [-0.1, -0.05) is 47.6 Å². The number of hydrogen-bond acceptors (Lipinski definition) is 4. The topological polar surface area (TPSA) is 61.8 Å². The SMILES string of the molecule is Cc1ccc(Cl)cc1NC(=O)CC1SC(=Nc2ccccc2)N(C)C1=O. The molecule has 2 amide bonds. The molecular formula is C19H18ClN3O2S. The van der Waals surface area contributed by atoms with Gasteiger partial charge in [-0.3, -0.25) is 14.5 Å². The van der Waals surface area contributed by atoms with Gasteiger partial charge in [0.1, 0.15) is 5.25 Å². The standard InChI is InChI=1S/C19H18ClN3O2S/c1-12-8-9-13(20)10-15(12)22-17(24)11-16-18(25)23(2)19(26-16)21-14-6-4-3-5-7-14/h3-10,16H,11H2,1-2H3,(H,22,24). The van der Waals surface area contributed by atoms with Crippen LogP contribution in [-0.4, -0.2) is 34.2 Å². The summed E-state index contributed by atoms with van der Waals surface area (Å²) in [4.78, 5) is 30.8. The van der Waals surface area contributed by atoms with Crippen LogP contribution in [0.5, 0.6) is 0 Å². The minimum Gasteiger partial charge on any atom is -0.326 e. The normalized spacial score (nSPS) is 18.4. The molecule has 1 fully saturated rings. The number of aryl methyl sites for hydroxylation is 1. The number of thioether (sulfide) groups is 1. The first-order valence-electron chi connectivity index (χ1n) is 8.08. The number of amidine groups is 1. The van der Waals surface area contributed by atoms with Crippen molar-refractivity contribution in [2.45, 2.75) is 18.6 Å². The number of anilines is 1. The Bertz CT molecular complexity index is 870. The van der Waals surface area contributed by atoms with Crippen LogP contribution in [0.25, 0.3) is 0 Å². The molecule has 0 bridgehead atoms. The molecule has 0 aromatic heterocycles. The van der Waals surface area contributed by atoms with Crippen molar-refractivity contribution in [3.8, 4) is 0 Å². The van der Waals surface area contributed by atoms with Crippen molar-refractivity contribution < 1.29 is 9.59 Å². The number of nitrogens with zero attached hydrogens (tertiary/aromatic N) is 2. The fourth-order valence-electron chi connectivity index (χ4n) is 2.51. The van der Waals surface area contributed by atoms with Gasteiger partial charge in [-0.05, 0) is 36.8 Å². The number of carbonyl (C=O) groups is 2. The highest BCUT2D eigenvalue weighted by molar-refractivity contribution is 8.15. The molecular weight excluding hydrogens is 370 g/mol. The number of nitrogens with one attached hydrogen (secondary N) is 1. The molecule has 2 aromatic carbocycles. The van der Waals surface area contributed by atoms with Gasteiger partial charge in [-0.2, -0.15) is 0 Å². The number of halogens is 1. The van der Waals surface area contributed by atoms with Crippen LogP contribution in [0.3, 0.4) is 0 Å². The quantitative estimate of drug-likeness (QED) is 0.853. The predicted octanol–water partition coefficient (Wildman–Crippen LogP) is 4.24. The fourth-order valence-corrected chi connectivity index (χ4v) is 3.84. The van der Waals surface area contributed by atoms with E-state index in [0.717, 1.165) is 11.3 Å². The van der Waals surface area contributed by atoms with E-state index in [1.807, 2.05) is 43.3 Å². The molecule has 1 saturated heterocycles. The van der Waals surface area contributed by atoms with Gasteiger partial charge in [0.15, 0.2) is 5.17 Å².